The van der Waals surface area contributed by atoms with E-state index < -0.39 is 0 Å². The second kappa shape index (κ2) is 4.00. The van der Waals surface area contributed by atoms with E-state index in [1.807, 2.05) is 0 Å². The molecule has 4 nitrogen and oxygen atoms in total. The highest BCUT2D eigenvalue weighted by molar-refractivity contribution is 5.94. The van der Waals surface area contributed by atoms with E-state index in [1.165, 1.54) is 0 Å². The van der Waals surface area contributed by atoms with Gasteiger partial charge >= 0.3 is 0 Å². The Bertz CT molecular complexity index is 713. The van der Waals surface area contributed by atoms with Gasteiger partial charge in [0.05, 0.1) is 0 Å². The maximum absolute atomic E-state index is 10.7. The molecule has 1 N–H and O–H groups in total. The fraction of sp³-hybridized carbons (Fsp3) is 0. The zero-order valence-electron chi connectivity index (χ0n) is 9.33. The highest BCUT2D eigenvalue weighted by Gasteiger charge is 2.10. The van der Waals surface area contributed by atoms with Crippen molar-refractivity contribution in [1.29, 1.82) is 0 Å². The minimum absolute atomic E-state index is 0.200. The first kappa shape index (κ1) is 10.5. The fourth-order valence-electron chi connectivity index (χ4n) is 1.85. The number of aromatic hydroxyl groups is 1. The number of rotatable bonds is 2. The van der Waals surface area contributed by atoms with E-state index in [-0.39, 0.29) is 5.75 Å². The SMILES string of the molecule is O=Cc1ccc2c(-c3ccc(O)cc3)onc2c1. The highest BCUT2D eigenvalue weighted by atomic mass is 16.5. The van der Waals surface area contributed by atoms with Crippen molar-refractivity contribution < 1.29 is 14.4 Å². The molecule has 0 radical (unpaired) electrons. The summed E-state index contributed by atoms with van der Waals surface area (Å²) in [4.78, 5) is 10.7. The molecule has 0 aliphatic rings. The molecule has 0 amide bonds. The van der Waals surface area contributed by atoms with Gasteiger partial charge in [-0.3, -0.25) is 4.79 Å². The van der Waals surface area contributed by atoms with Crippen LogP contribution in [0.2, 0.25) is 0 Å². The van der Waals surface area contributed by atoms with Crippen molar-refractivity contribution in [2.45, 2.75) is 0 Å². The van der Waals surface area contributed by atoms with Gasteiger partial charge in [-0.05, 0) is 36.4 Å². The third-order valence-corrected chi connectivity index (χ3v) is 2.77. The first-order chi connectivity index (χ1) is 8.78. The van der Waals surface area contributed by atoms with E-state index in [9.17, 15) is 9.90 Å². The molecule has 0 saturated carbocycles. The van der Waals surface area contributed by atoms with Crippen molar-refractivity contribution in [3.05, 3.63) is 48.0 Å². The van der Waals surface area contributed by atoms with Gasteiger partial charge in [0.1, 0.15) is 17.6 Å². The molecule has 0 fully saturated rings. The Morgan fingerprint density at radius 2 is 1.89 bits per heavy atom. The van der Waals surface area contributed by atoms with E-state index >= 15 is 0 Å². The van der Waals surface area contributed by atoms with E-state index in [0.717, 1.165) is 17.2 Å². The average Bonchev–Trinajstić information content (AvgIpc) is 2.82. The lowest BCUT2D eigenvalue weighted by Crippen LogP contribution is -1.79. The Labute approximate surface area is 102 Å². The van der Waals surface area contributed by atoms with Gasteiger partial charge in [-0.25, -0.2) is 0 Å². The maximum atomic E-state index is 10.7. The first-order valence-corrected chi connectivity index (χ1v) is 5.42. The molecule has 3 aromatic rings. The Hall–Kier alpha value is -2.62. The predicted octanol–water partition coefficient (Wildman–Crippen LogP) is 3.01. The molecule has 0 bridgehead atoms. The molecule has 1 aromatic heterocycles. The molecular weight excluding hydrogens is 230 g/mol. The summed E-state index contributed by atoms with van der Waals surface area (Å²) >= 11 is 0. The lowest BCUT2D eigenvalue weighted by Gasteiger charge is -1.97. The Morgan fingerprint density at radius 1 is 1.11 bits per heavy atom. The monoisotopic (exact) mass is 239 g/mol. The molecule has 4 heteroatoms. The number of aromatic nitrogens is 1. The van der Waals surface area contributed by atoms with Crippen LogP contribution >= 0.6 is 0 Å². The highest BCUT2D eigenvalue weighted by Crippen LogP contribution is 2.29. The summed E-state index contributed by atoms with van der Waals surface area (Å²) in [6, 6.07) is 11.9. The van der Waals surface area contributed by atoms with Gasteiger partial charge in [0.25, 0.3) is 0 Å². The molecule has 0 aliphatic carbocycles. The van der Waals surface area contributed by atoms with Crippen molar-refractivity contribution in [1.82, 2.24) is 5.16 Å². The van der Waals surface area contributed by atoms with Crippen molar-refractivity contribution in [3.8, 4) is 17.1 Å². The van der Waals surface area contributed by atoms with E-state index in [0.29, 0.717) is 16.8 Å². The summed E-state index contributed by atoms with van der Waals surface area (Å²) in [6.45, 7) is 0. The second-order valence-electron chi connectivity index (χ2n) is 3.95. The third kappa shape index (κ3) is 1.64. The third-order valence-electron chi connectivity index (χ3n) is 2.77. The number of nitrogens with zero attached hydrogens (tertiary/aromatic N) is 1. The molecule has 2 aromatic carbocycles. The number of benzene rings is 2. The summed E-state index contributed by atoms with van der Waals surface area (Å²) in [6.07, 6.45) is 0.772. The first-order valence-electron chi connectivity index (χ1n) is 5.42. The molecular formula is C14H9NO3. The number of aldehydes is 1. The van der Waals surface area contributed by atoms with Gasteiger partial charge in [0, 0.05) is 16.5 Å². The number of phenols is 1. The molecule has 88 valence electrons. The summed E-state index contributed by atoms with van der Waals surface area (Å²) in [5.41, 5.74) is 2.03. The maximum Gasteiger partial charge on any atom is 0.174 e. The Morgan fingerprint density at radius 3 is 2.61 bits per heavy atom. The van der Waals surface area contributed by atoms with Crippen molar-refractivity contribution >= 4 is 17.2 Å². The van der Waals surface area contributed by atoms with Crippen LogP contribution in [0.1, 0.15) is 10.4 Å². The summed E-state index contributed by atoms with van der Waals surface area (Å²) in [5, 5.41) is 14.0. The summed E-state index contributed by atoms with van der Waals surface area (Å²) < 4.78 is 5.29. The lowest BCUT2D eigenvalue weighted by molar-refractivity contribution is 0.112. The molecule has 3 rings (SSSR count). The molecule has 1 heterocycles. The van der Waals surface area contributed by atoms with Crippen LogP contribution in [0, 0.1) is 0 Å². The second-order valence-corrected chi connectivity index (χ2v) is 3.95. The van der Waals surface area contributed by atoms with Crippen molar-refractivity contribution in [2.24, 2.45) is 0 Å². The van der Waals surface area contributed by atoms with Gasteiger partial charge in [-0.15, -0.1) is 0 Å². The number of fused-ring (bicyclic) bond motifs is 1. The van der Waals surface area contributed by atoms with Crippen LogP contribution in [-0.2, 0) is 0 Å². The fourth-order valence-corrected chi connectivity index (χ4v) is 1.85. The minimum Gasteiger partial charge on any atom is -0.508 e. The topological polar surface area (TPSA) is 63.3 Å². The standard InChI is InChI=1S/C14H9NO3/c16-8-9-1-6-12-13(7-9)15-18-14(12)10-2-4-11(17)5-3-10/h1-8,17H. The van der Waals surface area contributed by atoms with Crippen molar-refractivity contribution in [3.63, 3.8) is 0 Å². The molecule has 0 spiro atoms. The largest absolute Gasteiger partial charge is 0.508 e. The number of phenolic OH excluding ortho intramolecular Hbond substituents is 1. The molecule has 0 atom stereocenters. The molecule has 0 aliphatic heterocycles. The zero-order chi connectivity index (χ0) is 12.5. The Kier molecular flexibility index (Phi) is 2.34. The van der Waals surface area contributed by atoms with E-state index in [1.54, 1.807) is 42.5 Å². The summed E-state index contributed by atoms with van der Waals surface area (Å²) in [7, 11) is 0. The Balaban J connectivity index is 2.18. The minimum atomic E-state index is 0.200. The van der Waals surface area contributed by atoms with E-state index in [2.05, 4.69) is 5.16 Å². The zero-order valence-corrected chi connectivity index (χ0v) is 9.33. The average molecular weight is 239 g/mol. The van der Waals surface area contributed by atoms with Crippen LogP contribution in [0.15, 0.2) is 47.0 Å². The number of hydrogen-bond acceptors (Lipinski definition) is 4. The van der Waals surface area contributed by atoms with Crippen LogP contribution in [0.5, 0.6) is 5.75 Å². The number of carbonyl (C=O) groups excluding carboxylic acids is 1. The van der Waals surface area contributed by atoms with Gasteiger partial charge in [0.2, 0.25) is 0 Å². The van der Waals surface area contributed by atoms with Crippen LogP contribution in [0.3, 0.4) is 0 Å². The molecule has 0 saturated heterocycles. The van der Waals surface area contributed by atoms with Crippen molar-refractivity contribution in [2.75, 3.05) is 0 Å². The summed E-state index contributed by atoms with van der Waals surface area (Å²) in [5.74, 6) is 0.827. The number of carbonyl (C=O) groups is 1. The van der Waals surface area contributed by atoms with Gasteiger partial charge < -0.3 is 9.63 Å². The normalized spacial score (nSPS) is 10.7. The van der Waals surface area contributed by atoms with Crippen LogP contribution in [0.4, 0.5) is 0 Å². The molecule has 0 unspecified atom stereocenters. The van der Waals surface area contributed by atoms with Crippen LogP contribution in [0.25, 0.3) is 22.2 Å². The smallest absolute Gasteiger partial charge is 0.174 e. The predicted molar refractivity (Wildman–Crippen MR) is 66.5 cm³/mol. The van der Waals surface area contributed by atoms with Gasteiger partial charge in [0.15, 0.2) is 5.76 Å². The van der Waals surface area contributed by atoms with E-state index in [4.69, 9.17) is 4.52 Å². The van der Waals surface area contributed by atoms with Crippen LogP contribution < -0.4 is 0 Å². The number of hydrogen-bond donors (Lipinski definition) is 1. The quantitative estimate of drug-likeness (QED) is 0.698. The lowest BCUT2D eigenvalue weighted by atomic mass is 10.1. The van der Waals surface area contributed by atoms with Crippen LogP contribution in [-0.4, -0.2) is 16.5 Å². The van der Waals surface area contributed by atoms with Gasteiger partial charge in [-0.1, -0.05) is 11.2 Å². The molecule has 18 heavy (non-hydrogen) atoms. The van der Waals surface area contributed by atoms with Gasteiger partial charge in [-0.2, -0.15) is 0 Å².